The van der Waals surface area contributed by atoms with E-state index in [-0.39, 0.29) is 29.3 Å². The predicted octanol–water partition coefficient (Wildman–Crippen LogP) is 10.6. The molecule has 0 aliphatic heterocycles. The molecule has 0 heterocycles. The molecule has 0 saturated heterocycles. The lowest BCUT2D eigenvalue weighted by Crippen LogP contribution is -2.49. The number of hydrogen-bond acceptors (Lipinski definition) is 5. The second kappa shape index (κ2) is 13.8. The zero-order chi connectivity index (χ0) is 34.6. The summed E-state index contributed by atoms with van der Waals surface area (Å²) in [6.07, 6.45) is 14.1. The number of halogens is 4. The maximum absolute atomic E-state index is 15.1. The Labute approximate surface area is 288 Å². The number of hydrogen-bond donors (Lipinski definition) is 1. The Bertz CT molecular complexity index is 1500. The molecule has 8 fully saturated rings. The van der Waals surface area contributed by atoms with Crippen molar-refractivity contribution in [1.82, 2.24) is 0 Å². The van der Waals surface area contributed by atoms with Gasteiger partial charge in [0.15, 0.2) is 23.1 Å². The molecule has 0 unspecified atom stereocenters. The summed E-state index contributed by atoms with van der Waals surface area (Å²) in [4.78, 5) is 0. The molecule has 8 aliphatic carbocycles. The minimum absolute atomic E-state index is 0.0800. The van der Waals surface area contributed by atoms with E-state index in [1.807, 2.05) is 0 Å². The molecule has 1 N–H and O–H groups in total. The highest BCUT2D eigenvalue weighted by atomic mass is 31.2. The number of benzene rings is 2. The largest absolute Gasteiger partial charge is 0.505 e. The molecule has 0 aromatic heterocycles. The van der Waals surface area contributed by atoms with Gasteiger partial charge in [-0.2, -0.15) is 8.78 Å². The molecule has 0 radical (unpaired) electrons. The maximum atomic E-state index is 15.1. The molecule has 5 nitrogen and oxygen atoms in total. The van der Waals surface area contributed by atoms with Crippen LogP contribution in [0.4, 0.5) is 17.6 Å². The normalized spacial score (nSPS) is 33.8. The first kappa shape index (κ1) is 35.3. The van der Waals surface area contributed by atoms with Gasteiger partial charge in [0.2, 0.25) is 11.6 Å². The van der Waals surface area contributed by atoms with Crippen LogP contribution in [-0.2, 0) is 24.4 Å². The van der Waals surface area contributed by atoms with Crippen molar-refractivity contribution in [1.29, 1.82) is 0 Å². The molecule has 10 heteroatoms. The van der Waals surface area contributed by atoms with Crippen LogP contribution in [0.15, 0.2) is 24.3 Å². The molecule has 0 atom stereocenters. The number of aromatic hydroxyl groups is 1. The molecule has 8 bridgehead atoms. The Morgan fingerprint density at radius 2 is 1.06 bits per heavy atom. The minimum atomic E-state index is -3.15. The van der Waals surface area contributed by atoms with Gasteiger partial charge in [-0.15, -0.1) is 0 Å². The van der Waals surface area contributed by atoms with Crippen molar-refractivity contribution in [2.75, 3.05) is 26.0 Å². The van der Waals surface area contributed by atoms with E-state index in [1.54, 1.807) is 32.0 Å². The van der Waals surface area contributed by atoms with Crippen LogP contribution in [0.5, 0.6) is 11.5 Å². The average Bonchev–Trinajstić information content (AvgIpc) is 3.03. The van der Waals surface area contributed by atoms with Crippen molar-refractivity contribution in [3.8, 4) is 11.5 Å². The highest BCUT2D eigenvalue weighted by molar-refractivity contribution is 7.53. The fourth-order valence-corrected chi connectivity index (χ4v) is 13.5. The van der Waals surface area contributed by atoms with Crippen LogP contribution in [-0.4, -0.2) is 31.1 Å². The molecule has 10 rings (SSSR count). The van der Waals surface area contributed by atoms with Gasteiger partial charge < -0.3 is 18.9 Å². The Morgan fingerprint density at radius 3 is 1.49 bits per heavy atom. The minimum Gasteiger partial charge on any atom is -0.505 e. The molecule has 49 heavy (non-hydrogen) atoms. The van der Waals surface area contributed by atoms with Crippen LogP contribution in [0.3, 0.4) is 0 Å². The molecule has 2 aromatic rings. The zero-order valence-electron chi connectivity index (χ0n) is 28.8. The molecule has 0 amide bonds. The zero-order valence-corrected chi connectivity index (χ0v) is 29.7. The summed E-state index contributed by atoms with van der Waals surface area (Å²) >= 11 is 0. The van der Waals surface area contributed by atoms with Crippen LogP contribution in [0.25, 0.3) is 0 Å². The van der Waals surface area contributed by atoms with E-state index in [2.05, 4.69) is 0 Å². The third-order valence-electron chi connectivity index (χ3n) is 12.8. The van der Waals surface area contributed by atoms with E-state index in [1.165, 1.54) is 44.6 Å². The summed E-state index contributed by atoms with van der Waals surface area (Å²) in [7, 11) is -3.15. The van der Waals surface area contributed by atoms with E-state index in [4.69, 9.17) is 13.8 Å². The highest BCUT2D eigenvalue weighted by Gasteiger charge is 2.54. The summed E-state index contributed by atoms with van der Waals surface area (Å²) in [6, 6.07) is 6.23. The predicted molar refractivity (Wildman–Crippen MR) is 180 cm³/mol. The summed E-state index contributed by atoms with van der Waals surface area (Å²) in [5.41, 5.74) is 0.707. The molecule has 0 spiro atoms. The Kier molecular flexibility index (Phi) is 9.95. The van der Waals surface area contributed by atoms with Crippen molar-refractivity contribution < 1.29 is 41.0 Å². The smallest absolute Gasteiger partial charge is 0.330 e. The second-order valence-corrected chi connectivity index (χ2v) is 18.5. The molecular formula is C39H51F4O5P. The first-order valence-electron chi connectivity index (χ1n) is 18.6. The average molecular weight is 707 g/mol. The van der Waals surface area contributed by atoms with Gasteiger partial charge in [-0.05, 0) is 167 Å². The van der Waals surface area contributed by atoms with Gasteiger partial charge >= 0.3 is 7.60 Å². The number of phenolic OH excluding ortho intramolecular Hbond substituents is 1. The first-order chi connectivity index (χ1) is 23.5. The Morgan fingerprint density at radius 1 is 0.653 bits per heavy atom. The van der Waals surface area contributed by atoms with E-state index in [9.17, 15) is 22.8 Å². The van der Waals surface area contributed by atoms with E-state index >= 15 is 4.39 Å². The van der Waals surface area contributed by atoms with Gasteiger partial charge in [-0.25, -0.2) is 8.78 Å². The summed E-state index contributed by atoms with van der Waals surface area (Å²) < 4.78 is 86.3. The topological polar surface area (TPSA) is 65.0 Å². The Balaban J connectivity index is 0.000000170. The molecule has 8 saturated carbocycles. The number of rotatable bonds is 11. The summed E-state index contributed by atoms with van der Waals surface area (Å²) in [5, 5.41) is 9.29. The van der Waals surface area contributed by atoms with Gasteiger partial charge in [-0.1, -0.05) is 12.1 Å². The lowest BCUT2D eigenvalue weighted by molar-refractivity contribution is -0.00721. The highest BCUT2D eigenvalue weighted by Crippen LogP contribution is 2.62. The lowest BCUT2D eigenvalue weighted by atomic mass is 9.48. The second-order valence-electron chi connectivity index (χ2n) is 16.3. The Hall–Kier alpha value is -2.09. The van der Waals surface area contributed by atoms with Crippen molar-refractivity contribution in [2.24, 2.45) is 35.5 Å². The van der Waals surface area contributed by atoms with Crippen LogP contribution in [0.2, 0.25) is 0 Å². The molecule has 2 aromatic carbocycles. The van der Waals surface area contributed by atoms with Gasteiger partial charge in [-0.3, -0.25) is 4.57 Å². The van der Waals surface area contributed by atoms with Crippen LogP contribution >= 0.6 is 7.60 Å². The third-order valence-corrected chi connectivity index (χ3v) is 15.0. The lowest BCUT2D eigenvalue weighted by Gasteiger charge is -2.57. The van der Waals surface area contributed by atoms with Gasteiger partial charge in [0.25, 0.3) is 0 Å². The SMILES string of the molecule is CCOP(=O)(CCCOc1ccc(C23CC4CC(CC(C4)C2)C3)c(F)c1F)OCC.Oc1ccc(C23CC4CC(CC(C4)C2)C3)c(F)c1F. The third kappa shape index (κ3) is 6.82. The van der Waals surface area contributed by atoms with Crippen molar-refractivity contribution in [2.45, 2.75) is 108 Å². The fraction of sp³-hybridized carbons (Fsp3) is 0.692. The van der Waals surface area contributed by atoms with Crippen LogP contribution < -0.4 is 4.74 Å². The summed E-state index contributed by atoms with van der Waals surface area (Å²) in [5.74, 6) is -0.106. The van der Waals surface area contributed by atoms with Crippen LogP contribution in [0, 0.1) is 58.8 Å². The number of ether oxygens (including phenoxy) is 1. The van der Waals surface area contributed by atoms with E-state index < -0.39 is 36.6 Å². The van der Waals surface area contributed by atoms with E-state index in [0.717, 1.165) is 38.5 Å². The fourth-order valence-electron chi connectivity index (χ4n) is 11.9. The number of phenols is 1. The first-order valence-corrected chi connectivity index (χ1v) is 20.3. The quantitative estimate of drug-likeness (QED) is 0.143. The van der Waals surface area contributed by atoms with Crippen molar-refractivity contribution in [3.05, 3.63) is 58.7 Å². The van der Waals surface area contributed by atoms with E-state index in [0.29, 0.717) is 66.3 Å². The molecule has 8 aliphatic rings. The van der Waals surface area contributed by atoms with Gasteiger partial charge in [0, 0.05) is 0 Å². The summed E-state index contributed by atoms with van der Waals surface area (Å²) in [6.45, 7) is 4.22. The van der Waals surface area contributed by atoms with Gasteiger partial charge in [0.05, 0.1) is 26.0 Å². The molecular weight excluding hydrogens is 655 g/mol. The van der Waals surface area contributed by atoms with Crippen molar-refractivity contribution >= 4 is 7.60 Å². The maximum Gasteiger partial charge on any atom is 0.330 e. The standard InChI is InChI=1S/C23H33F2O4P.C16H18F2O/c1-3-28-30(26,29-4-2)9-5-8-27-20-7-6-19(21(24)22(20)25)23-13-16-10-17(14-23)12-18(11-16)15-23;17-14-12(1-2-13(19)15(14)18)16-6-9-3-10(7-16)5-11(4-9)8-16/h6-7,16-18H,3-5,8-15H2,1-2H3;1-2,9-11,19H,3-8H2. The van der Waals surface area contributed by atoms with Crippen LogP contribution in [0.1, 0.15) is 108 Å². The monoisotopic (exact) mass is 706 g/mol. The van der Waals surface area contributed by atoms with Gasteiger partial charge in [0.1, 0.15) is 0 Å². The molecule has 270 valence electrons. The van der Waals surface area contributed by atoms with Crippen molar-refractivity contribution in [3.63, 3.8) is 0 Å².